The molecule has 1 amide bonds. The summed E-state index contributed by atoms with van der Waals surface area (Å²) in [7, 11) is 1.62. The number of benzene rings is 2. The maximum atomic E-state index is 14.5. The van der Waals surface area contributed by atoms with Crippen LogP contribution >= 0.6 is 0 Å². The van der Waals surface area contributed by atoms with Crippen molar-refractivity contribution in [1.82, 2.24) is 15.2 Å². The molecule has 4 aliphatic rings. The number of hydrogen-bond donors (Lipinski definition) is 1. The molecule has 0 radical (unpaired) electrons. The Morgan fingerprint density at radius 3 is 2.61 bits per heavy atom. The molecule has 3 aromatic rings. The van der Waals surface area contributed by atoms with Crippen molar-refractivity contribution in [3.8, 4) is 11.5 Å². The highest BCUT2D eigenvalue weighted by atomic mass is 19.1. The molecule has 2 saturated heterocycles. The molecule has 242 valence electrons. The van der Waals surface area contributed by atoms with E-state index in [1.165, 1.54) is 50.6 Å². The van der Waals surface area contributed by atoms with Gasteiger partial charge in [0.2, 0.25) is 0 Å². The number of aryl methyl sites for hydroxylation is 1. The SMILES string of the molecule is CCc1nc2c(cc1Oc1cc(N3CCC4(CC3)CC(N3CCC[C@H]3c3ccccc3C(C)C)C4)ccc1C(=O)NC)C(F)=CC2. The summed E-state index contributed by atoms with van der Waals surface area (Å²) in [5.74, 6) is 1.04. The van der Waals surface area contributed by atoms with E-state index in [0.717, 1.165) is 30.2 Å². The minimum Gasteiger partial charge on any atom is -0.455 e. The second-order valence-electron chi connectivity index (χ2n) is 14.1. The van der Waals surface area contributed by atoms with Crippen LogP contribution in [0.3, 0.4) is 0 Å². The van der Waals surface area contributed by atoms with Crippen LogP contribution in [0.4, 0.5) is 10.1 Å². The van der Waals surface area contributed by atoms with Crippen molar-refractivity contribution in [2.24, 2.45) is 5.41 Å². The summed E-state index contributed by atoms with van der Waals surface area (Å²) in [5, 5.41) is 2.74. The van der Waals surface area contributed by atoms with Crippen molar-refractivity contribution >= 4 is 17.4 Å². The van der Waals surface area contributed by atoms with Crippen molar-refractivity contribution in [1.29, 1.82) is 0 Å². The molecule has 3 heterocycles. The average Bonchev–Trinajstić information content (AvgIpc) is 3.69. The van der Waals surface area contributed by atoms with Crippen molar-refractivity contribution < 1.29 is 13.9 Å². The molecule has 6 nitrogen and oxygen atoms in total. The van der Waals surface area contributed by atoms with Gasteiger partial charge in [0.25, 0.3) is 5.91 Å². The van der Waals surface area contributed by atoms with Crippen LogP contribution in [-0.2, 0) is 12.8 Å². The first kappa shape index (κ1) is 30.9. The molecule has 2 aromatic carbocycles. The van der Waals surface area contributed by atoms with Gasteiger partial charge in [0.05, 0.1) is 17.0 Å². The molecule has 7 heteroatoms. The molecule has 1 spiro atoms. The van der Waals surface area contributed by atoms with Gasteiger partial charge in [-0.05, 0) is 98.2 Å². The van der Waals surface area contributed by atoms with E-state index in [1.807, 2.05) is 25.1 Å². The van der Waals surface area contributed by atoms with Gasteiger partial charge in [-0.3, -0.25) is 14.7 Å². The van der Waals surface area contributed by atoms with Gasteiger partial charge in [-0.25, -0.2) is 4.39 Å². The van der Waals surface area contributed by atoms with Gasteiger partial charge in [-0.1, -0.05) is 45.0 Å². The Labute approximate surface area is 273 Å². The Morgan fingerprint density at radius 1 is 1.09 bits per heavy atom. The number of pyridine rings is 1. The summed E-state index contributed by atoms with van der Waals surface area (Å²) in [4.78, 5) is 22.8. The molecule has 46 heavy (non-hydrogen) atoms. The molecular formula is C39H47FN4O2. The quantitative estimate of drug-likeness (QED) is 0.274. The first-order chi connectivity index (χ1) is 22.3. The molecule has 0 bridgehead atoms. The fourth-order valence-electron chi connectivity index (χ4n) is 8.53. The van der Waals surface area contributed by atoms with Crippen molar-refractivity contribution in [3.63, 3.8) is 0 Å². The number of anilines is 1. The van der Waals surface area contributed by atoms with Crippen LogP contribution < -0.4 is 15.0 Å². The Bertz CT molecular complexity index is 1650. The van der Waals surface area contributed by atoms with E-state index >= 15 is 0 Å². The Kier molecular flexibility index (Phi) is 8.39. The van der Waals surface area contributed by atoms with Crippen LogP contribution in [0.5, 0.6) is 11.5 Å². The predicted octanol–water partition coefficient (Wildman–Crippen LogP) is 8.37. The van der Waals surface area contributed by atoms with Crippen LogP contribution in [0, 0.1) is 5.41 Å². The van der Waals surface area contributed by atoms with E-state index in [9.17, 15) is 9.18 Å². The molecule has 1 N–H and O–H groups in total. The number of allylic oxidation sites excluding steroid dienone is 1. The second kappa shape index (κ2) is 12.5. The van der Waals surface area contributed by atoms with E-state index in [-0.39, 0.29) is 11.7 Å². The van der Waals surface area contributed by atoms with Crippen LogP contribution in [0.25, 0.3) is 5.83 Å². The highest BCUT2D eigenvalue weighted by molar-refractivity contribution is 5.97. The molecule has 1 atom stereocenters. The molecule has 2 aliphatic heterocycles. The Hall–Kier alpha value is -3.71. The molecule has 2 aliphatic carbocycles. The number of likely N-dealkylation sites (tertiary alicyclic amines) is 1. The van der Waals surface area contributed by atoms with Gasteiger partial charge < -0.3 is 15.0 Å². The summed E-state index contributed by atoms with van der Waals surface area (Å²) in [6.07, 6.45) is 10.2. The van der Waals surface area contributed by atoms with Crippen molar-refractivity contribution in [3.05, 3.63) is 88.2 Å². The monoisotopic (exact) mass is 622 g/mol. The average molecular weight is 623 g/mol. The number of ether oxygens (including phenoxy) is 1. The number of aromatic nitrogens is 1. The van der Waals surface area contributed by atoms with Crippen LogP contribution in [0.2, 0.25) is 0 Å². The highest BCUT2D eigenvalue weighted by Crippen LogP contribution is 2.54. The Morgan fingerprint density at radius 2 is 1.87 bits per heavy atom. The van der Waals surface area contributed by atoms with Gasteiger partial charge >= 0.3 is 0 Å². The number of fused-ring (bicyclic) bond motifs is 1. The smallest absolute Gasteiger partial charge is 0.254 e. The van der Waals surface area contributed by atoms with Gasteiger partial charge in [0.15, 0.2) is 0 Å². The maximum Gasteiger partial charge on any atom is 0.254 e. The lowest BCUT2D eigenvalue weighted by atomic mass is 9.59. The largest absolute Gasteiger partial charge is 0.455 e. The second-order valence-corrected chi connectivity index (χ2v) is 14.1. The maximum absolute atomic E-state index is 14.5. The van der Waals surface area contributed by atoms with Crippen LogP contribution in [0.1, 0.15) is 110 Å². The number of carbonyl (C=O) groups is 1. The number of carbonyl (C=O) groups excluding carboxylic acids is 1. The molecular weight excluding hydrogens is 575 g/mol. The summed E-state index contributed by atoms with van der Waals surface area (Å²) in [6.45, 7) is 9.84. The van der Waals surface area contributed by atoms with E-state index in [0.29, 0.717) is 58.9 Å². The zero-order valence-corrected chi connectivity index (χ0v) is 27.7. The van der Waals surface area contributed by atoms with E-state index in [1.54, 1.807) is 24.8 Å². The number of rotatable bonds is 8. The number of nitrogens with one attached hydrogen (secondary N) is 1. The van der Waals surface area contributed by atoms with Gasteiger partial charge in [0.1, 0.15) is 17.3 Å². The molecule has 1 aromatic heterocycles. The fourth-order valence-corrected chi connectivity index (χ4v) is 8.53. The third-order valence-electron chi connectivity index (χ3n) is 11.1. The fraction of sp³-hybridized carbons (Fsp3) is 0.487. The molecule has 3 fully saturated rings. The first-order valence-electron chi connectivity index (χ1n) is 17.3. The predicted molar refractivity (Wildman–Crippen MR) is 182 cm³/mol. The summed E-state index contributed by atoms with van der Waals surface area (Å²) >= 11 is 0. The van der Waals surface area contributed by atoms with E-state index in [4.69, 9.17) is 9.72 Å². The molecule has 7 rings (SSSR count). The van der Waals surface area contributed by atoms with E-state index < -0.39 is 0 Å². The number of amides is 1. The van der Waals surface area contributed by atoms with Gasteiger partial charge in [-0.15, -0.1) is 0 Å². The number of halogens is 1. The third-order valence-corrected chi connectivity index (χ3v) is 11.1. The van der Waals surface area contributed by atoms with Gasteiger partial charge in [-0.2, -0.15) is 0 Å². The normalized spacial score (nSPS) is 21.0. The Balaban J connectivity index is 1.05. The summed E-state index contributed by atoms with van der Waals surface area (Å²) < 4.78 is 20.9. The molecule has 1 saturated carbocycles. The highest BCUT2D eigenvalue weighted by Gasteiger charge is 2.50. The number of piperidine rings is 1. The lowest BCUT2D eigenvalue weighted by Crippen LogP contribution is -2.54. The van der Waals surface area contributed by atoms with Gasteiger partial charge in [0, 0.05) is 56.0 Å². The van der Waals surface area contributed by atoms with Crippen LogP contribution in [-0.4, -0.2) is 48.5 Å². The lowest BCUT2D eigenvalue weighted by Gasteiger charge is -2.56. The summed E-state index contributed by atoms with van der Waals surface area (Å²) in [5.41, 5.74) is 6.98. The zero-order valence-electron chi connectivity index (χ0n) is 27.7. The molecule has 0 unspecified atom stereocenters. The number of nitrogens with zero attached hydrogens (tertiary/aromatic N) is 3. The summed E-state index contributed by atoms with van der Waals surface area (Å²) in [6, 6.07) is 17.9. The van der Waals surface area contributed by atoms with E-state index in [2.05, 4.69) is 53.2 Å². The van der Waals surface area contributed by atoms with Crippen molar-refractivity contribution in [2.75, 3.05) is 31.6 Å². The minimum absolute atomic E-state index is 0.214. The zero-order chi connectivity index (χ0) is 32.0. The first-order valence-corrected chi connectivity index (χ1v) is 17.3. The standard InChI is InChI=1S/C39H47FN4O2/c1-5-33-37(22-31-32(40)14-15-34(31)42-33)46-36-21-26(12-13-30(36)38(45)41-4)43-19-16-39(17-20-43)23-27(24-39)44-18-8-11-35(44)29-10-7-6-9-28(29)25(2)3/h6-7,9-10,12-14,21-22,25,27,35H,5,8,11,15-20,23-24H2,1-4H3,(H,41,45)/t35-/m0/s1. The number of hydrogen-bond acceptors (Lipinski definition) is 5. The minimum atomic E-state index is -0.267. The topological polar surface area (TPSA) is 57.7 Å². The van der Waals surface area contributed by atoms with Crippen LogP contribution in [0.15, 0.2) is 54.6 Å². The van der Waals surface area contributed by atoms with Crippen molar-refractivity contribution in [2.45, 2.75) is 90.1 Å². The lowest BCUT2D eigenvalue weighted by molar-refractivity contribution is -0.0227. The third kappa shape index (κ3) is 5.61.